The van der Waals surface area contributed by atoms with Gasteiger partial charge in [-0.3, -0.25) is 4.57 Å². The molecule has 3 aromatic carbocycles. The van der Waals surface area contributed by atoms with Gasteiger partial charge >= 0.3 is 0 Å². The van der Waals surface area contributed by atoms with Crippen LogP contribution in [0.1, 0.15) is 29.1 Å². The summed E-state index contributed by atoms with van der Waals surface area (Å²) in [4.78, 5) is 5.05. The minimum Gasteiger partial charge on any atom is -0.296 e. The summed E-state index contributed by atoms with van der Waals surface area (Å²) in [5.74, 6) is 0.751. The molecule has 2 heterocycles. The zero-order valence-corrected chi connectivity index (χ0v) is 21.8. The summed E-state index contributed by atoms with van der Waals surface area (Å²) in [5.41, 5.74) is 4.70. The monoisotopic (exact) mass is 536 g/mol. The first-order valence-electron chi connectivity index (χ1n) is 11.2. The fraction of sp³-hybridized carbons (Fsp3) is 0.148. The number of imidazole rings is 1. The van der Waals surface area contributed by atoms with E-state index in [9.17, 15) is 0 Å². The van der Waals surface area contributed by atoms with Gasteiger partial charge < -0.3 is 0 Å². The molecule has 0 spiro atoms. The van der Waals surface area contributed by atoms with Crippen LogP contribution in [-0.2, 0) is 5.41 Å². The van der Waals surface area contributed by atoms with E-state index >= 15 is 0 Å². The standard InChI is InChI=1S/C27H19Cl3N4S/c1-16-23(25-32-33-26(35-25)27(14-15-27)17-6-8-18(28)9-7-17)31-24(21-4-2-3-5-22(21)30)34(16)20-12-10-19(29)11-13-20/h2-13H,14-15H2,1H3. The molecule has 0 bridgehead atoms. The molecule has 5 aromatic rings. The summed E-state index contributed by atoms with van der Waals surface area (Å²) >= 11 is 20.5. The summed E-state index contributed by atoms with van der Waals surface area (Å²) in [6, 6.07) is 23.5. The number of halogens is 3. The Hall–Kier alpha value is -2.70. The Morgan fingerprint density at radius 3 is 2.14 bits per heavy atom. The van der Waals surface area contributed by atoms with Crippen LogP contribution in [-0.4, -0.2) is 19.7 Å². The number of hydrogen-bond donors (Lipinski definition) is 0. The van der Waals surface area contributed by atoms with Gasteiger partial charge in [0.1, 0.15) is 16.5 Å². The summed E-state index contributed by atoms with van der Waals surface area (Å²) in [6.07, 6.45) is 2.10. The van der Waals surface area contributed by atoms with Gasteiger partial charge in [-0.15, -0.1) is 10.2 Å². The van der Waals surface area contributed by atoms with E-state index in [1.54, 1.807) is 11.3 Å². The van der Waals surface area contributed by atoms with Gasteiger partial charge in [0.2, 0.25) is 0 Å². The van der Waals surface area contributed by atoms with Crippen LogP contribution in [0.15, 0.2) is 72.8 Å². The lowest BCUT2D eigenvalue weighted by Gasteiger charge is -2.11. The minimum absolute atomic E-state index is 0.0846. The lowest BCUT2D eigenvalue weighted by atomic mass is 9.97. The molecule has 35 heavy (non-hydrogen) atoms. The Kier molecular flexibility index (Phi) is 5.69. The molecule has 0 atom stereocenters. The molecule has 0 N–H and O–H groups in total. The van der Waals surface area contributed by atoms with Crippen molar-refractivity contribution in [3.63, 3.8) is 0 Å². The van der Waals surface area contributed by atoms with Gasteiger partial charge in [0.15, 0.2) is 5.01 Å². The Bertz CT molecular complexity index is 1530. The van der Waals surface area contributed by atoms with Gasteiger partial charge in [0.25, 0.3) is 0 Å². The van der Waals surface area contributed by atoms with Gasteiger partial charge in [-0.2, -0.15) is 0 Å². The van der Waals surface area contributed by atoms with Crippen LogP contribution < -0.4 is 0 Å². The normalized spacial score (nSPS) is 14.3. The summed E-state index contributed by atoms with van der Waals surface area (Å²) in [7, 11) is 0. The van der Waals surface area contributed by atoms with E-state index in [0.29, 0.717) is 10.0 Å². The highest BCUT2D eigenvalue weighted by atomic mass is 35.5. The highest BCUT2D eigenvalue weighted by molar-refractivity contribution is 7.14. The predicted octanol–water partition coefficient (Wildman–Crippen LogP) is 8.41. The topological polar surface area (TPSA) is 43.6 Å². The Morgan fingerprint density at radius 1 is 0.829 bits per heavy atom. The van der Waals surface area contributed by atoms with Crippen molar-refractivity contribution in [3.8, 4) is 27.8 Å². The molecule has 4 nitrogen and oxygen atoms in total. The number of hydrogen-bond acceptors (Lipinski definition) is 4. The molecule has 174 valence electrons. The lowest BCUT2D eigenvalue weighted by molar-refractivity contribution is 0.807. The van der Waals surface area contributed by atoms with E-state index in [1.165, 1.54) is 5.56 Å². The molecule has 1 aliphatic carbocycles. The Balaban J connectivity index is 1.48. The first-order valence-corrected chi connectivity index (χ1v) is 13.1. The van der Waals surface area contributed by atoms with Crippen LogP contribution in [0.4, 0.5) is 0 Å². The highest BCUT2D eigenvalue weighted by Crippen LogP contribution is 2.55. The molecule has 0 radical (unpaired) electrons. The maximum absolute atomic E-state index is 6.59. The van der Waals surface area contributed by atoms with Crippen molar-refractivity contribution in [3.05, 3.63) is 104 Å². The van der Waals surface area contributed by atoms with Crippen molar-refractivity contribution >= 4 is 46.1 Å². The number of aromatic nitrogens is 4. The number of rotatable bonds is 5. The maximum Gasteiger partial charge on any atom is 0.168 e. The molecular formula is C27H19Cl3N4S. The quantitative estimate of drug-likeness (QED) is 0.226. The van der Waals surface area contributed by atoms with Gasteiger partial charge in [0.05, 0.1) is 10.7 Å². The molecule has 0 saturated heterocycles. The van der Waals surface area contributed by atoms with E-state index in [0.717, 1.165) is 56.3 Å². The van der Waals surface area contributed by atoms with Gasteiger partial charge in [-0.25, -0.2) is 4.98 Å². The lowest BCUT2D eigenvalue weighted by Crippen LogP contribution is -2.07. The van der Waals surface area contributed by atoms with Gasteiger partial charge in [-0.1, -0.05) is 70.4 Å². The fourth-order valence-electron chi connectivity index (χ4n) is 4.47. The molecule has 6 rings (SSSR count). The van der Waals surface area contributed by atoms with Crippen LogP contribution in [0.2, 0.25) is 15.1 Å². The second-order valence-electron chi connectivity index (χ2n) is 8.66. The van der Waals surface area contributed by atoms with E-state index in [2.05, 4.69) is 26.9 Å². The average molecular weight is 538 g/mol. The van der Waals surface area contributed by atoms with Crippen LogP contribution in [0.25, 0.3) is 27.8 Å². The first-order chi connectivity index (χ1) is 17.0. The predicted molar refractivity (Wildman–Crippen MR) is 144 cm³/mol. The Labute approximate surface area is 222 Å². The summed E-state index contributed by atoms with van der Waals surface area (Å²) in [6.45, 7) is 2.05. The zero-order valence-electron chi connectivity index (χ0n) is 18.7. The zero-order chi connectivity index (χ0) is 24.2. The minimum atomic E-state index is -0.0846. The fourth-order valence-corrected chi connectivity index (χ4v) is 6.09. The van der Waals surface area contributed by atoms with Gasteiger partial charge in [0, 0.05) is 26.7 Å². The second-order valence-corrected chi connectivity index (χ2v) is 10.9. The van der Waals surface area contributed by atoms with E-state index in [-0.39, 0.29) is 5.41 Å². The third-order valence-electron chi connectivity index (χ3n) is 6.49. The van der Waals surface area contributed by atoms with Gasteiger partial charge in [-0.05, 0) is 73.9 Å². The second kappa shape index (κ2) is 8.75. The third kappa shape index (κ3) is 3.97. The molecular weight excluding hydrogens is 519 g/mol. The Morgan fingerprint density at radius 2 is 1.49 bits per heavy atom. The largest absolute Gasteiger partial charge is 0.296 e. The molecule has 1 aliphatic rings. The maximum atomic E-state index is 6.59. The summed E-state index contributed by atoms with van der Waals surface area (Å²) in [5, 5.41) is 13.1. The van der Waals surface area contributed by atoms with Crippen molar-refractivity contribution in [2.45, 2.75) is 25.2 Å². The molecule has 0 unspecified atom stereocenters. The van der Waals surface area contributed by atoms with Crippen LogP contribution in [0.5, 0.6) is 0 Å². The molecule has 8 heteroatoms. The highest BCUT2D eigenvalue weighted by Gasteiger charge is 2.49. The van der Waals surface area contributed by atoms with Crippen LogP contribution >= 0.6 is 46.1 Å². The third-order valence-corrected chi connectivity index (χ3v) is 8.46. The van der Waals surface area contributed by atoms with E-state index in [4.69, 9.17) is 39.8 Å². The van der Waals surface area contributed by atoms with E-state index < -0.39 is 0 Å². The smallest absolute Gasteiger partial charge is 0.168 e. The average Bonchev–Trinajstić information content (AvgIpc) is 3.39. The number of nitrogens with zero attached hydrogens (tertiary/aromatic N) is 4. The van der Waals surface area contributed by atoms with Crippen molar-refractivity contribution in [2.75, 3.05) is 0 Å². The van der Waals surface area contributed by atoms with Crippen LogP contribution in [0.3, 0.4) is 0 Å². The molecule has 0 aliphatic heterocycles. The summed E-state index contributed by atoms with van der Waals surface area (Å²) < 4.78 is 2.10. The molecule has 0 amide bonds. The number of benzene rings is 3. The first kappa shape index (κ1) is 22.7. The van der Waals surface area contributed by atoms with Crippen molar-refractivity contribution in [2.24, 2.45) is 0 Å². The molecule has 2 aromatic heterocycles. The van der Waals surface area contributed by atoms with Crippen molar-refractivity contribution in [1.82, 2.24) is 19.7 Å². The van der Waals surface area contributed by atoms with Crippen molar-refractivity contribution < 1.29 is 0 Å². The molecule has 1 saturated carbocycles. The SMILES string of the molecule is Cc1c(-c2nnc(C3(c4ccc(Cl)cc4)CC3)s2)nc(-c2ccccc2Cl)n1-c1ccc(Cl)cc1. The molecule has 1 fully saturated rings. The van der Waals surface area contributed by atoms with Crippen LogP contribution in [0, 0.1) is 6.92 Å². The van der Waals surface area contributed by atoms with E-state index in [1.807, 2.05) is 67.6 Å². The van der Waals surface area contributed by atoms with Crippen molar-refractivity contribution in [1.29, 1.82) is 0 Å².